The van der Waals surface area contributed by atoms with E-state index in [1.165, 1.54) is 11.3 Å². The molecule has 4 aromatic rings. The lowest BCUT2D eigenvalue weighted by Crippen LogP contribution is -2.21. The van der Waals surface area contributed by atoms with E-state index in [-0.39, 0.29) is 28.9 Å². The third-order valence-corrected chi connectivity index (χ3v) is 7.20. The Balaban J connectivity index is 1.58. The molecule has 0 amide bonds. The Morgan fingerprint density at radius 2 is 1.72 bits per heavy atom. The van der Waals surface area contributed by atoms with Crippen LogP contribution in [0.5, 0.6) is 5.75 Å². The molecule has 6 nitrogen and oxygen atoms in total. The normalized spacial score (nSPS) is 12.0. The van der Waals surface area contributed by atoms with Gasteiger partial charge in [0.2, 0.25) is 0 Å². The molecule has 0 bridgehead atoms. The Labute approximate surface area is 221 Å². The van der Waals surface area contributed by atoms with E-state index in [0.717, 1.165) is 10.3 Å². The third-order valence-electron chi connectivity index (χ3n) is 5.50. The molecule has 9 heteroatoms. The van der Waals surface area contributed by atoms with E-state index in [1.807, 2.05) is 24.3 Å². The largest absolute Gasteiger partial charge is 0.489 e. The van der Waals surface area contributed by atoms with Crippen LogP contribution < -0.4 is 10.5 Å². The Morgan fingerprint density at radius 3 is 2.33 bits per heavy atom. The van der Waals surface area contributed by atoms with Crippen molar-refractivity contribution >= 4 is 62.2 Å². The zero-order valence-electron chi connectivity index (χ0n) is 19.4. The molecule has 36 heavy (non-hydrogen) atoms. The Morgan fingerprint density at radius 1 is 1.06 bits per heavy atom. The number of aromatic carboxylic acids is 1. The average Bonchev–Trinajstić information content (AvgIpc) is 3.28. The number of thiophene rings is 1. The number of hydrogen-bond acceptors (Lipinski definition) is 6. The molecular weight excluding hydrogens is 519 g/mol. The van der Waals surface area contributed by atoms with Crippen molar-refractivity contribution in [3.8, 4) is 17.0 Å². The van der Waals surface area contributed by atoms with Crippen molar-refractivity contribution in [2.24, 2.45) is 11.7 Å². The molecule has 0 aliphatic carbocycles. The number of carboxylic acid groups (broad SMARTS) is 1. The van der Waals surface area contributed by atoms with Gasteiger partial charge < -0.3 is 15.6 Å². The van der Waals surface area contributed by atoms with Crippen LogP contribution in [0, 0.1) is 5.92 Å². The number of ether oxygens (including phenoxy) is 1. The summed E-state index contributed by atoms with van der Waals surface area (Å²) in [7, 11) is 0. The van der Waals surface area contributed by atoms with Gasteiger partial charge in [-0.25, -0.2) is 9.78 Å². The van der Waals surface area contributed by atoms with Crippen LogP contribution in [0.25, 0.3) is 27.2 Å². The minimum atomic E-state index is -0.970. The fourth-order valence-electron chi connectivity index (χ4n) is 3.60. The molecule has 0 spiro atoms. The standard InChI is InChI=1S/C27H22Cl2N2O4S/c1-14(2)26(32)17(25(30)24-18(28)4-3-5-19(24)29)13-35-16-8-6-15(7-9-16)20-10-11-22-21(31-20)12-23(36-22)27(33)34/h3-12,14H,13,30H2,1-2H3,(H,33,34)/b25-17-. The van der Waals surface area contributed by atoms with E-state index < -0.39 is 5.97 Å². The van der Waals surface area contributed by atoms with Crippen LogP contribution in [-0.2, 0) is 4.79 Å². The summed E-state index contributed by atoms with van der Waals surface area (Å²) in [5.74, 6) is -0.891. The number of carbonyl (C=O) groups is 2. The van der Waals surface area contributed by atoms with Gasteiger partial charge in [0, 0.05) is 17.0 Å². The smallest absolute Gasteiger partial charge is 0.345 e. The lowest BCUT2D eigenvalue weighted by atomic mass is 9.97. The SMILES string of the molecule is CC(C)C(=O)/C(COc1ccc(-c2ccc3sc(C(=O)O)cc3n2)cc1)=C(\N)c1c(Cl)cccc1Cl. The van der Waals surface area contributed by atoms with Gasteiger partial charge >= 0.3 is 5.97 Å². The van der Waals surface area contributed by atoms with E-state index >= 15 is 0 Å². The van der Waals surface area contributed by atoms with Crippen molar-refractivity contribution in [3.05, 3.63) is 86.7 Å². The van der Waals surface area contributed by atoms with Gasteiger partial charge in [0.05, 0.1) is 37.2 Å². The van der Waals surface area contributed by atoms with Gasteiger partial charge in [0.1, 0.15) is 17.2 Å². The van der Waals surface area contributed by atoms with Gasteiger partial charge in [-0.3, -0.25) is 4.79 Å². The summed E-state index contributed by atoms with van der Waals surface area (Å²) in [6.45, 7) is 3.52. The monoisotopic (exact) mass is 540 g/mol. The first-order valence-corrected chi connectivity index (χ1v) is 12.6. The predicted molar refractivity (Wildman–Crippen MR) is 145 cm³/mol. The van der Waals surface area contributed by atoms with Crippen LogP contribution in [0.15, 0.2) is 66.2 Å². The molecule has 0 radical (unpaired) electrons. The van der Waals surface area contributed by atoms with Crippen LogP contribution >= 0.6 is 34.5 Å². The number of hydrogen-bond donors (Lipinski definition) is 2. The maximum Gasteiger partial charge on any atom is 0.345 e. The van der Waals surface area contributed by atoms with E-state index in [2.05, 4.69) is 4.98 Å². The maximum absolute atomic E-state index is 12.9. The number of Topliss-reactive ketones (excluding diaryl/α,β-unsaturated/α-hetero) is 1. The number of ketones is 1. The summed E-state index contributed by atoms with van der Waals surface area (Å²) in [6.07, 6.45) is 0. The second-order valence-corrected chi connectivity index (χ2v) is 10.2. The molecule has 184 valence electrons. The van der Waals surface area contributed by atoms with Gasteiger partial charge in [-0.2, -0.15) is 0 Å². The van der Waals surface area contributed by atoms with Crippen LogP contribution in [0.1, 0.15) is 29.1 Å². The Bertz CT molecular complexity index is 1470. The van der Waals surface area contributed by atoms with E-state index in [0.29, 0.717) is 38.1 Å². The quantitative estimate of drug-likeness (QED) is 0.234. The fraction of sp³-hybridized carbons (Fsp3) is 0.148. The lowest BCUT2D eigenvalue weighted by molar-refractivity contribution is -0.118. The number of rotatable bonds is 8. The van der Waals surface area contributed by atoms with Crippen molar-refractivity contribution in [2.75, 3.05) is 6.61 Å². The maximum atomic E-state index is 12.9. The van der Waals surface area contributed by atoms with Crippen molar-refractivity contribution < 1.29 is 19.4 Å². The molecule has 0 aliphatic heterocycles. The highest BCUT2D eigenvalue weighted by Gasteiger charge is 2.22. The lowest BCUT2D eigenvalue weighted by Gasteiger charge is -2.16. The summed E-state index contributed by atoms with van der Waals surface area (Å²) in [6, 6.07) is 17.5. The summed E-state index contributed by atoms with van der Waals surface area (Å²) in [4.78, 5) is 29.0. The Kier molecular flexibility index (Phi) is 7.64. The number of aromatic nitrogens is 1. The molecule has 0 fully saturated rings. The average molecular weight is 541 g/mol. The first-order chi connectivity index (χ1) is 17.2. The molecule has 0 atom stereocenters. The van der Waals surface area contributed by atoms with Gasteiger partial charge in [-0.05, 0) is 54.6 Å². The summed E-state index contributed by atoms with van der Waals surface area (Å²) in [5.41, 5.74) is 9.44. The van der Waals surface area contributed by atoms with E-state index in [1.54, 1.807) is 50.2 Å². The van der Waals surface area contributed by atoms with Crippen LogP contribution in [0.4, 0.5) is 0 Å². The summed E-state index contributed by atoms with van der Waals surface area (Å²) in [5, 5.41) is 9.91. The number of nitrogens with two attached hydrogens (primary N) is 1. The molecular formula is C27H22Cl2N2O4S. The fourth-order valence-corrected chi connectivity index (χ4v) is 5.04. The number of halogens is 2. The zero-order valence-corrected chi connectivity index (χ0v) is 21.7. The number of nitrogens with zero attached hydrogens (tertiary/aromatic N) is 1. The highest BCUT2D eigenvalue weighted by Crippen LogP contribution is 2.32. The molecule has 3 N–H and O–H groups in total. The van der Waals surface area contributed by atoms with Crippen molar-refractivity contribution in [1.29, 1.82) is 0 Å². The van der Waals surface area contributed by atoms with Gasteiger partial charge in [0.15, 0.2) is 5.78 Å². The number of benzene rings is 2. The van der Waals surface area contributed by atoms with Gasteiger partial charge in [0.25, 0.3) is 0 Å². The van der Waals surface area contributed by atoms with Crippen LogP contribution in [0.2, 0.25) is 10.0 Å². The highest BCUT2D eigenvalue weighted by molar-refractivity contribution is 7.20. The molecule has 0 saturated heterocycles. The van der Waals surface area contributed by atoms with Crippen LogP contribution in [-0.4, -0.2) is 28.4 Å². The number of carboxylic acids is 1. The van der Waals surface area contributed by atoms with Crippen molar-refractivity contribution in [1.82, 2.24) is 4.98 Å². The minimum Gasteiger partial charge on any atom is -0.489 e. The number of pyridine rings is 1. The molecule has 0 unspecified atom stereocenters. The first kappa shape index (κ1) is 25.7. The van der Waals surface area contributed by atoms with Gasteiger partial charge in [-0.1, -0.05) is 43.1 Å². The third kappa shape index (κ3) is 5.38. The predicted octanol–water partition coefficient (Wildman–Crippen LogP) is 6.94. The summed E-state index contributed by atoms with van der Waals surface area (Å²) < 4.78 is 6.73. The Hall–Kier alpha value is -3.39. The minimum absolute atomic E-state index is 0.0547. The van der Waals surface area contributed by atoms with Crippen LogP contribution in [0.3, 0.4) is 0 Å². The zero-order chi connectivity index (χ0) is 26.0. The van der Waals surface area contributed by atoms with Crippen molar-refractivity contribution in [3.63, 3.8) is 0 Å². The molecule has 2 aromatic heterocycles. The molecule has 2 aromatic carbocycles. The highest BCUT2D eigenvalue weighted by atomic mass is 35.5. The van der Waals surface area contributed by atoms with Crippen molar-refractivity contribution in [2.45, 2.75) is 13.8 Å². The molecule has 4 rings (SSSR count). The van der Waals surface area contributed by atoms with E-state index in [4.69, 9.17) is 33.7 Å². The first-order valence-electron chi connectivity index (χ1n) is 11.0. The number of carbonyl (C=O) groups excluding carboxylic acids is 1. The second-order valence-electron chi connectivity index (χ2n) is 8.32. The molecule has 0 saturated carbocycles. The molecule has 0 aliphatic rings. The van der Waals surface area contributed by atoms with Gasteiger partial charge in [-0.15, -0.1) is 11.3 Å². The number of fused-ring (bicyclic) bond motifs is 1. The topological polar surface area (TPSA) is 103 Å². The molecule has 2 heterocycles. The summed E-state index contributed by atoms with van der Waals surface area (Å²) >= 11 is 13.8. The van der Waals surface area contributed by atoms with E-state index in [9.17, 15) is 14.7 Å². The second kappa shape index (κ2) is 10.7.